The van der Waals surface area contributed by atoms with E-state index in [1.54, 1.807) is 11.8 Å². The van der Waals surface area contributed by atoms with Gasteiger partial charge in [0.15, 0.2) is 11.6 Å². The first kappa shape index (κ1) is 30.6. The van der Waals surface area contributed by atoms with Gasteiger partial charge in [-0.15, -0.1) is 0 Å². The molecular weight excluding hydrogens is 520 g/mol. The highest BCUT2D eigenvalue weighted by Crippen LogP contribution is 2.31. The number of benzene rings is 2. The van der Waals surface area contributed by atoms with Crippen LogP contribution in [-0.2, 0) is 35.1 Å². The van der Waals surface area contributed by atoms with Crippen LogP contribution in [0.3, 0.4) is 0 Å². The summed E-state index contributed by atoms with van der Waals surface area (Å²) in [6.07, 6.45) is 2.21. The van der Waals surface area contributed by atoms with Crippen molar-refractivity contribution in [3.05, 3.63) is 48.0 Å². The Hall–Kier alpha value is -3.39. The molecule has 2 aromatic carbocycles. The number of fused-ring (bicyclic) bond motifs is 1. The van der Waals surface area contributed by atoms with Gasteiger partial charge in [0, 0.05) is 31.7 Å². The number of hydrogen-bond acceptors (Lipinski definition) is 6. The zero-order chi connectivity index (χ0) is 29.7. The van der Waals surface area contributed by atoms with Crippen molar-refractivity contribution in [2.24, 2.45) is 11.8 Å². The summed E-state index contributed by atoms with van der Waals surface area (Å²) in [5, 5.41) is 5.04. The van der Waals surface area contributed by atoms with Crippen LogP contribution >= 0.6 is 0 Å². The van der Waals surface area contributed by atoms with Gasteiger partial charge in [-0.2, -0.15) is 0 Å². The minimum absolute atomic E-state index is 0.0490. The molecule has 0 unspecified atom stereocenters. The Labute approximate surface area is 242 Å². The van der Waals surface area contributed by atoms with Crippen LogP contribution in [0, 0.1) is 11.8 Å². The highest BCUT2D eigenvalue weighted by molar-refractivity contribution is 5.98. The van der Waals surface area contributed by atoms with Crippen LogP contribution < -0.4 is 5.32 Å². The zero-order valence-corrected chi connectivity index (χ0v) is 24.6. The highest BCUT2D eigenvalue weighted by atomic mass is 16.6. The number of carbonyl (C=O) groups excluding carboxylic acids is 5. The van der Waals surface area contributed by atoms with Gasteiger partial charge in [-0.3, -0.25) is 19.2 Å². The normalized spacial score (nSPS) is 21.5. The van der Waals surface area contributed by atoms with E-state index in [-0.39, 0.29) is 54.3 Å². The third-order valence-electron chi connectivity index (χ3n) is 8.24. The van der Waals surface area contributed by atoms with E-state index in [1.807, 2.05) is 56.3 Å². The Morgan fingerprint density at radius 3 is 2.44 bits per heavy atom. The Morgan fingerprint density at radius 2 is 1.76 bits per heavy atom. The van der Waals surface area contributed by atoms with Crippen LogP contribution in [0.1, 0.15) is 71.8 Å². The smallest absolute Gasteiger partial charge is 0.224 e. The molecule has 0 saturated carbocycles. The molecule has 2 heterocycles. The summed E-state index contributed by atoms with van der Waals surface area (Å²) in [7, 11) is 0. The molecule has 41 heavy (non-hydrogen) atoms. The van der Waals surface area contributed by atoms with Crippen LogP contribution in [0.5, 0.6) is 0 Å². The van der Waals surface area contributed by atoms with Crippen LogP contribution in [0.2, 0.25) is 0 Å². The standard InChI is InChI=1S/C33H42N2O6/c1-21(2)17-27(31(39)33(4)20-41-33)34-32(40)25(18-24-11-7-10-23-9-5-6-12-26(23)24)19-29(37)28-13-8-16-35(28)30(38)15-14-22(3)36/h5-7,9-12,21,25,27-28H,8,13-20H2,1-4H3,(H,34,40)/t25-,27+,28+,33-/m1/s1. The number of ketones is 3. The molecular formula is C33H42N2O6. The molecule has 0 aliphatic carbocycles. The predicted molar refractivity (Wildman–Crippen MR) is 156 cm³/mol. The minimum atomic E-state index is -0.877. The summed E-state index contributed by atoms with van der Waals surface area (Å²) in [5.74, 6) is -1.48. The van der Waals surface area contributed by atoms with Gasteiger partial charge in [0.1, 0.15) is 11.4 Å². The third kappa shape index (κ3) is 7.67. The molecule has 2 aliphatic heterocycles. The van der Waals surface area contributed by atoms with E-state index < -0.39 is 23.6 Å². The summed E-state index contributed by atoms with van der Waals surface area (Å²) in [5.41, 5.74) is 0.0688. The lowest BCUT2D eigenvalue weighted by Crippen LogP contribution is -2.49. The van der Waals surface area contributed by atoms with E-state index in [2.05, 4.69) is 5.32 Å². The largest absolute Gasteiger partial charge is 0.361 e. The Balaban J connectivity index is 1.57. The Bertz CT molecular complexity index is 1310. The first-order chi connectivity index (χ1) is 19.5. The van der Waals surface area contributed by atoms with Crippen molar-refractivity contribution in [1.82, 2.24) is 10.2 Å². The number of rotatable bonds is 14. The van der Waals surface area contributed by atoms with Crippen molar-refractivity contribution in [2.75, 3.05) is 13.2 Å². The quantitative estimate of drug-likeness (QED) is 0.345. The summed E-state index contributed by atoms with van der Waals surface area (Å²) in [6.45, 7) is 7.99. The molecule has 4 atom stereocenters. The SMILES string of the molecule is CC(=O)CCC(=O)N1CCC[C@H]1C(=O)C[C@@H](Cc1cccc2ccccc12)C(=O)N[C@@H](CC(C)C)C(=O)[C@@]1(C)CO1. The van der Waals surface area contributed by atoms with Crippen LogP contribution in [0.4, 0.5) is 0 Å². The zero-order valence-electron chi connectivity index (χ0n) is 24.6. The number of nitrogens with one attached hydrogen (secondary N) is 1. The average Bonchev–Trinajstić information content (AvgIpc) is 3.49. The van der Waals surface area contributed by atoms with Gasteiger partial charge >= 0.3 is 0 Å². The highest BCUT2D eigenvalue weighted by Gasteiger charge is 2.50. The maximum Gasteiger partial charge on any atom is 0.224 e. The average molecular weight is 563 g/mol. The fourth-order valence-electron chi connectivity index (χ4n) is 5.81. The Kier molecular flexibility index (Phi) is 9.74. The van der Waals surface area contributed by atoms with E-state index in [9.17, 15) is 24.0 Å². The van der Waals surface area contributed by atoms with Crippen molar-refractivity contribution in [3.63, 3.8) is 0 Å². The number of nitrogens with zero attached hydrogens (tertiary/aromatic N) is 1. The van der Waals surface area contributed by atoms with Crippen LogP contribution in [-0.4, -0.2) is 64.9 Å². The fourth-order valence-corrected chi connectivity index (χ4v) is 5.81. The maximum atomic E-state index is 13.9. The lowest BCUT2D eigenvalue weighted by atomic mass is 9.87. The molecule has 2 amide bonds. The van der Waals surface area contributed by atoms with Crippen LogP contribution in [0.25, 0.3) is 10.8 Å². The number of ether oxygens (including phenoxy) is 1. The van der Waals surface area contributed by atoms with Gasteiger partial charge in [0.2, 0.25) is 11.8 Å². The van der Waals surface area contributed by atoms with Gasteiger partial charge in [-0.25, -0.2) is 0 Å². The second-order valence-corrected chi connectivity index (χ2v) is 12.2. The van der Waals surface area contributed by atoms with Gasteiger partial charge in [-0.05, 0) is 61.8 Å². The number of likely N-dealkylation sites (tertiary alicyclic amines) is 1. The second kappa shape index (κ2) is 13.1. The second-order valence-electron chi connectivity index (χ2n) is 12.2. The molecule has 2 saturated heterocycles. The van der Waals surface area contributed by atoms with Gasteiger partial charge in [-0.1, -0.05) is 56.3 Å². The van der Waals surface area contributed by atoms with E-state index in [0.717, 1.165) is 16.3 Å². The first-order valence-electron chi connectivity index (χ1n) is 14.8. The summed E-state index contributed by atoms with van der Waals surface area (Å²) < 4.78 is 5.39. The van der Waals surface area contributed by atoms with Gasteiger partial charge in [0.05, 0.1) is 18.7 Å². The lowest BCUT2D eigenvalue weighted by Gasteiger charge is -2.27. The maximum absolute atomic E-state index is 13.9. The molecule has 220 valence electrons. The van der Waals surface area contributed by atoms with Gasteiger partial charge < -0.3 is 19.7 Å². The van der Waals surface area contributed by atoms with E-state index in [4.69, 9.17) is 4.74 Å². The number of carbonyl (C=O) groups is 5. The monoisotopic (exact) mass is 562 g/mol. The van der Waals surface area contributed by atoms with Crippen molar-refractivity contribution < 1.29 is 28.7 Å². The van der Waals surface area contributed by atoms with E-state index >= 15 is 0 Å². The van der Waals surface area contributed by atoms with Crippen molar-refractivity contribution in [3.8, 4) is 0 Å². The lowest BCUT2D eigenvalue weighted by molar-refractivity contribution is -0.139. The summed E-state index contributed by atoms with van der Waals surface area (Å²) in [4.78, 5) is 66.7. The fraction of sp³-hybridized carbons (Fsp3) is 0.545. The van der Waals surface area contributed by atoms with E-state index in [0.29, 0.717) is 38.8 Å². The first-order valence-corrected chi connectivity index (χ1v) is 14.8. The Morgan fingerprint density at radius 1 is 1.05 bits per heavy atom. The molecule has 1 N–H and O–H groups in total. The molecule has 8 nitrogen and oxygen atoms in total. The molecule has 8 heteroatoms. The number of hydrogen-bond donors (Lipinski definition) is 1. The molecule has 0 spiro atoms. The minimum Gasteiger partial charge on any atom is -0.361 e. The van der Waals surface area contributed by atoms with Crippen molar-refractivity contribution >= 4 is 39.9 Å². The summed E-state index contributed by atoms with van der Waals surface area (Å²) in [6, 6.07) is 12.5. The third-order valence-corrected chi connectivity index (χ3v) is 8.24. The van der Waals surface area contributed by atoms with E-state index in [1.165, 1.54) is 6.92 Å². The van der Waals surface area contributed by atoms with Crippen molar-refractivity contribution in [1.29, 1.82) is 0 Å². The topological polar surface area (TPSA) is 113 Å². The summed E-state index contributed by atoms with van der Waals surface area (Å²) >= 11 is 0. The molecule has 4 rings (SSSR count). The molecule has 0 radical (unpaired) electrons. The van der Waals surface area contributed by atoms with Crippen molar-refractivity contribution in [2.45, 2.75) is 90.3 Å². The molecule has 2 fully saturated rings. The number of epoxide rings is 1. The molecule has 2 aliphatic rings. The molecule has 2 aromatic rings. The van der Waals surface area contributed by atoms with Crippen LogP contribution in [0.15, 0.2) is 42.5 Å². The molecule has 0 aromatic heterocycles. The van der Waals surface area contributed by atoms with Gasteiger partial charge in [0.25, 0.3) is 0 Å². The predicted octanol–water partition coefficient (Wildman–Crippen LogP) is 4.21. The molecule has 0 bridgehead atoms. The number of amides is 2. The number of Topliss-reactive ketones (excluding diaryl/α,β-unsaturated/α-hetero) is 3.